The molecule has 2 aliphatic heterocycles. The summed E-state index contributed by atoms with van der Waals surface area (Å²) < 4.78 is 5.95. The van der Waals surface area contributed by atoms with Crippen molar-refractivity contribution in [2.24, 2.45) is 0 Å². The van der Waals surface area contributed by atoms with Crippen molar-refractivity contribution in [1.82, 2.24) is 15.1 Å². The summed E-state index contributed by atoms with van der Waals surface area (Å²) in [6.07, 6.45) is 4.23. The molecule has 4 heteroatoms. The zero-order chi connectivity index (χ0) is 14.4. The molecule has 4 nitrogen and oxygen atoms in total. The van der Waals surface area contributed by atoms with E-state index < -0.39 is 0 Å². The van der Waals surface area contributed by atoms with Gasteiger partial charge < -0.3 is 15.0 Å². The predicted molar refractivity (Wildman–Crippen MR) is 84.2 cm³/mol. The van der Waals surface area contributed by atoms with Crippen molar-refractivity contribution in [3.05, 3.63) is 0 Å². The molecule has 2 aliphatic rings. The van der Waals surface area contributed by atoms with E-state index in [1.807, 2.05) is 0 Å². The van der Waals surface area contributed by atoms with Crippen molar-refractivity contribution in [3.63, 3.8) is 0 Å². The van der Waals surface area contributed by atoms with E-state index in [1.165, 1.54) is 38.9 Å². The Morgan fingerprint density at radius 2 is 1.95 bits per heavy atom. The van der Waals surface area contributed by atoms with E-state index >= 15 is 0 Å². The number of piperidine rings is 1. The molecule has 2 rings (SSSR count). The number of hydrogen-bond donors (Lipinski definition) is 1. The fraction of sp³-hybridized carbons (Fsp3) is 1.00. The smallest absolute Gasteiger partial charge is 0.0829 e. The average Bonchev–Trinajstić information content (AvgIpc) is 2.47. The first kappa shape index (κ1) is 16.2. The van der Waals surface area contributed by atoms with Gasteiger partial charge in [-0.15, -0.1) is 0 Å². The maximum atomic E-state index is 5.95. The number of morpholine rings is 1. The van der Waals surface area contributed by atoms with Gasteiger partial charge in [0.2, 0.25) is 0 Å². The molecule has 118 valence electrons. The van der Waals surface area contributed by atoms with Crippen molar-refractivity contribution < 1.29 is 4.74 Å². The highest BCUT2D eigenvalue weighted by molar-refractivity contribution is 4.81. The van der Waals surface area contributed by atoms with Gasteiger partial charge in [-0.05, 0) is 52.7 Å². The van der Waals surface area contributed by atoms with Gasteiger partial charge >= 0.3 is 0 Å². The standard InChI is InChI=1S/C16H33N3O/c1-4-7-17-15-5-8-18(9-6-15)12-16-13-19(14(2)3)10-11-20-16/h14-17H,4-13H2,1-3H3. The van der Waals surface area contributed by atoms with Crippen LogP contribution in [0.2, 0.25) is 0 Å². The van der Waals surface area contributed by atoms with Crippen molar-refractivity contribution in [3.8, 4) is 0 Å². The van der Waals surface area contributed by atoms with Crippen LogP contribution < -0.4 is 5.32 Å². The second kappa shape index (κ2) is 8.32. The molecule has 20 heavy (non-hydrogen) atoms. The first-order chi connectivity index (χ1) is 9.69. The Labute approximate surface area is 124 Å². The van der Waals surface area contributed by atoms with E-state index in [9.17, 15) is 0 Å². The largest absolute Gasteiger partial charge is 0.374 e. The van der Waals surface area contributed by atoms with Gasteiger partial charge in [0.05, 0.1) is 12.7 Å². The molecule has 0 bridgehead atoms. The van der Waals surface area contributed by atoms with Gasteiger partial charge in [-0.25, -0.2) is 0 Å². The van der Waals surface area contributed by atoms with Gasteiger partial charge in [-0.2, -0.15) is 0 Å². The molecule has 1 unspecified atom stereocenters. The molecular weight excluding hydrogens is 250 g/mol. The third kappa shape index (κ3) is 4.99. The van der Waals surface area contributed by atoms with Crippen LogP contribution in [0.5, 0.6) is 0 Å². The van der Waals surface area contributed by atoms with Gasteiger partial charge in [-0.1, -0.05) is 6.92 Å². The Hall–Kier alpha value is -0.160. The van der Waals surface area contributed by atoms with E-state index in [0.717, 1.165) is 32.3 Å². The molecule has 0 aliphatic carbocycles. The first-order valence-corrected chi connectivity index (χ1v) is 8.50. The Bertz CT molecular complexity index is 264. The Morgan fingerprint density at radius 3 is 2.60 bits per heavy atom. The molecule has 1 atom stereocenters. The molecule has 0 aromatic rings. The lowest BCUT2D eigenvalue weighted by Gasteiger charge is -2.39. The first-order valence-electron chi connectivity index (χ1n) is 8.50. The fourth-order valence-electron chi connectivity index (χ4n) is 3.28. The summed E-state index contributed by atoms with van der Waals surface area (Å²) in [4.78, 5) is 5.14. The summed E-state index contributed by atoms with van der Waals surface area (Å²) in [5, 5.41) is 3.65. The second-order valence-corrected chi connectivity index (χ2v) is 6.61. The minimum absolute atomic E-state index is 0.409. The molecular formula is C16H33N3O. The molecule has 0 aromatic carbocycles. The third-order valence-electron chi connectivity index (χ3n) is 4.63. The highest BCUT2D eigenvalue weighted by atomic mass is 16.5. The fourth-order valence-corrected chi connectivity index (χ4v) is 3.28. The van der Waals surface area contributed by atoms with Crippen LogP contribution >= 0.6 is 0 Å². The van der Waals surface area contributed by atoms with Crippen LogP contribution in [0, 0.1) is 0 Å². The normalized spacial score (nSPS) is 27.3. The van der Waals surface area contributed by atoms with E-state index in [2.05, 4.69) is 35.9 Å². The van der Waals surface area contributed by atoms with Crippen molar-refractivity contribution in [1.29, 1.82) is 0 Å². The zero-order valence-corrected chi connectivity index (χ0v) is 13.6. The lowest BCUT2D eigenvalue weighted by atomic mass is 10.0. The number of rotatable bonds is 6. The van der Waals surface area contributed by atoms with Crippen LogP contribution in [0.4, 0.5) is 0 Å². The van der Waals surface area contributed by atoms with Crippen molar-refractivity contribution in [2.75, 3.05) is 45.9 Å². The van der Waals surface area contributed by atoms with Crippen LogP contribution in [0.3, 0.4) is 0 Å². The van der Waals surface area contributed by atoms with Crippen molar-refractivity contribution >= 4 is 0 Å². The average molecular weight is 283 g/mol. The summed E-state index contributed by atoms with van der Waals surface area (Å²) in [6, 6.07) is 1.39. The molecule has 2 heterocycles. The van der Waals surface area contributed by atoms with Crippen LogP contribution in [0.25, 0.3) is 0 Å². The number of nitrogens with one attached hydrogen (secondary N) is 1. The quantitative estimate of drug-likeness (QED) is 0.801. The van der Waals surface area contributed by atoms with Crippen LogP contribution in [-0.2, 0) is 4.74 Å². The molecule has 0 aromatic heterocycles. The van der Waals surface area contributed by atoms with Gasteiger partial charge in [0, 0.05) is 31.7 Å². The molecule has 0 amide bonds. The monoisotopic (exact) mass is 283 g/mol. The zero-order valence-electron chi connectivity index (χ0n) is 13.6. The van der Waals surface area contributed by atoms with E-state index in [1.54, 1.807) is 0 Å². The molecule has 0 spiro atoms. The lowest BCUT2D eigenvalue weighted by molar-refractivity contribution is -0.0544. The highest BCUT2D eigenvalue weighted by Gasteiger charge is 2.26. The maximum absolute atomic E-state index is 5.95. The second-order valence-electron chi connectivity index (χ2n) is 6.61. The number of ether oxygens (including phenoxy) is 1. The van der Waals surface area contributed by atoms with Crippen LogP contribution in [0.15, 0.2) is 0 Å². The van der Waals surface area contributed by atoms with Crippen LogP contribution in [-0.4, -0.2) is 73.9 Å². The summed E-state index contributed by atoms with van der Waals surface area (Å²) in [6.45, 7) is 14.6. The SMILES string of the molecule is CCCNC1CCN(CC2CN(C(C)C)CCO2)CC1. The third-order valence-corrected chi connectivity index (χ3v) is 4.63. The van der Waals surface area contributed by atoms with E-state index in [4.69, 9.17) is 4.74 Å². The summed E-state index contributed by atoms with van der Waals surface area (Å²) >= 11 is 0. The molecule has 0 radical (unpaired) electrons. The number of likely N-dealkylation sites (tertiary alicyclic amines) is 1. The predicted octanol–water partition coefficient (Wildman–Crippen LogP) is 1.56. The molecule has 0 saturated carbocycles. The minimum atomic E-state index is 0.409. The summed E-state index contributed by atoms with van der Waals surface area (Å²) in [7, 11) is 0. The van der Waals surface area contributed by atoms with Gasteiger partial charge in [0.1, 0.15) is 0 Å². The van der Waals surface area contributed by atoms with Gasteiger partial charge in [0.25, 0.3) is 0 Å². The Balaban J connectivity index is 1.67. The molecule has 2 fully saturated rings. The minimum Gasteiger partial charge on any atom is -0.374 e. The maximum Gasteiger partial charge on any atom is 0.0829 e. The van der Waals surface area contributed by atoms with Gasteiger partial charge in [-0.3, -0.25) is 4.90 Å². The molecule has 1 N–H and O–H groups in total. The van der Waals surface area contributed by atoms with E-state index in [0.29, 0.717) is 12.1 Å². The lowest BCUT2D eigenvalue weighted by Crippen LogP contribution is -2.51. The number of hydrogen-bond acceptors (Lipinski definition) is 4. The van der Waals surface area contributed by atoms with Gasteiger partial charge in [0.15, 0.2) is 0 Å². The van der Waals surface area contributed by atoms with Crippen molar-refractivity contribution in [2.45, 2.75) is 58.2 Å². The summed E-state index contributed by atoms with van der Waals surface area (Å²) in [5.74, 6) is 0. The number of nitrogens with zero attached hydrogens (tertiary/aromatic N) is 2. The Kier molecular flexibility index (Phi) is 6.75. The van der Waals surface area contributed by atoms with E-state index in [-0.39, 0.29) is 0 Å². The Morgan fingerprint density at radius 1 is 1.20 bits per heavy atom. The van der Waals surface area contributed by atoms with Crippen LogP contribution in [0.1, 0.15) is 40.0 Å². The topological polar surface area (TPSA) is 27.7 Å². The highest BCUT2D eigenvalue weighted by Crippen LogP contribution is 2.14. The summed E-state index contributed by atoms with van der Waals surface area (Å²) in [5.41, 5.74) is 0. The molecule has 2 saturated heterocycles.